The van der Waals surface area contributed by atoms with Gasteiger partial charge in [-0.15, -0.1) is 0 Å². The van der Waals surface area contributed by atoms with Gasteiger partial charge in [0.2, 0.25) is 5.91 Å². The minimum Gasteiger partial charge on any atom is -0.368 e. The van der Waals surface area contributed by atoms with Crippen molar-refractivity contribution in [3.05, 3.63) is 30.1 Å². The summed E-state index contributed by atoms with van der Waals surface area (Å²) in [5.74, 6) is -0.369. The number of rotatable bonds is 5. The summed E-state index contributed by atoms with van der Waals surface area (Å²) in [6.45, 7) is 6.09. The first kappa shape index (κ1) is 13.9. The Hall–Kier alpha value is -1.50. The van der Waals surface area contributed by atoms with Gasteiger partial charge in [0.15, 0.2) is 0 Å². The normalized spacial score (nSPS) is 23.9. The zero-order chi connectivity index (χ0) is 13.8. The van der Waals surface area contributed by atoms with Crippen LogP contribution in [0.4, 0.5) is 0 Å². The molecular weight excluding hydrogens is 244 g/mol. The Kier molecular flexibility index (Phi) is 4.47. The number of aromatic nitrogens is 1. The highest BCUT2D eigenvalue weighted by molar-refractivity contribution is 5.81. The van der Waals surface area contributed by atoms with Crippen LogP contribution in [0.5, 0.6) is 0 Å². The lowest BCUT2D eigenvalue weighted by molar-refractivity contribution is -0.130. The lowest BCUT2D eigenvalue weighted by atomic mass is 10.0. The molecule has 1 amide bonds. The fraction of sp³-hybridized carbons (Fsp3) is 0.538. The van der Waals surface area contributed by atoms with Crippen LogP contribution in [0, 0.1) is 0 Å². The Balaban J connectivity index is 2.25. The predicted octanol–water partition coefficient (Wildman–Crippen LogP) is 0.523. The zero-order valence-corrected chi connectivity index (χ0v) is 11.3. The standard InChI is InChI=1S/C13H20N4O2/c1-3-16(4-2)17-9-19-12(11(17)13(14)18)10-5-7-15-8-6-10/h5-8,11-12H,3-4,9H2,1-2H3,(H2,14,18). The molecule has 1 saturated heterocycles. The minimum absolute atomic E-state index is 0.332. The van der Waals surface area contributed by atoms with E-state index in [0.717, 1.165) is 18.7 Å². The topological polar surface area (TPSA) is 71.7 Å². The van der Waals surface area contributed by atoms with Gasteiger partial charge in [-0.2, -0.15) is 0 Å². The van der Waals surface area contributed by atoms with Crippen LogP contribution in [-0.4, -0.2) is 46.8 Å². The van der Waals surface area contributed by atoms with Crippen LogP contribution in [0.25, 0.3) is 0 Å². The summed E-state index contributed by atoms with van der Waals surface area (Å²) >= 11 is 0. The van der Waals surface area contributed by atoms with Gasteiger partial charge < -0.3 is 10.5 Å². The SMILES string of the molecule is CCN(CC)N1COC(c2ccncc2)C1C(N)=O. The van der Waals surface area contributed by atoms with E-state index in [1.165, 1.54) is 0 Å². The fourth-order valence-electron chi connectivity index (χ4n) is 2.46. The van der Waals surface area contributed by atoms with Crippen molar-refractivity contribution in [2.45, 2.75) is 26.0 Å². The van der Waals surface area contributed by atoms with Crippen molar-refractivity contribution >= 4 is 5.91 Å². The third-order valence-corrected chi connectivity index (χ3v) is 3.41. The van der Waals surface area contributed by atoms with Crippen molar-refractivity contribution in [2.24, 2.45) is 5.73 Å². The Labute approximate surface area is 113 Å². The van der Waals surface area contributed by atoms with Crippen molar-refractivity contribution in [1.82, 2.24) is 15.0 Å². The molecule has 2 rings (SSSR count). The molecule has 0 bridgehead atoms. The summed E-state index contributed by atoms with van der Waals surface area (Å²) in [5.41, 5.74) is 6.48. The van der Waals surface area contributed by atoms with Gasteiger partial charge in [-0.3, -0.25) is 9.78 Å². The minimum atomic E-state index is -0.470. The van der Waals surface area contributed by atoms with Gasteiger partial charge in [-0.1, -0.05) is 13.8 Å². The summed E-state index contributed by atoms with van der Waals surface area (Å²) in [4.78, 5) is 15.8. The molecule has 1 aromatic rings. The number of carbonyl (C=O) groups excluding carboxylic acids is 1. The highest BCUT2D eigenvalue weighted by Crippen LogP contribution is 2.31. The molecule has 1 aliphatic rings. The molecule has 2 unspecified atom stereocenters. The van der Waals surface area contributed by atoms with Gasteiger partial charge in [0.1, 0.15) is 18.9 Å². The van der Waals surface area contributed by atoms with E-state index < -0.39 is 6.04 Å². The number of hydrazine groups is 1. The maximum absolute atomic E-state index is 11.8. The summed E-state index contributed by atoms with van der Waals surface area (Å²) in [5, 5.41) is 3.98. The molecule has 19 heavy (non-hydrogen) atoms. The van der Waals surface area contributed by atoms with E-state index in [1.807, 2.05) is 31.0 Å². The lowest BCUT2D eigenvalue weighted by Crippen LogP contribution is -2.51. The first-order valence-corrected chi connectivity index (χ1v) is 6.51. The zero-order valence-electron chi connectivity index (χ0n) is 11.3. The molecule has 2 heterocycles. The molecule has 6 heteroatoms. The molecule has 1 aromatic heterocycles. The van der Waals surface area contributed by atoms with Crippen molar-refractivity contribution in [1.29, 1.82) is 0 Å². The fourth-order valence-corrected chi connectivity index (χ4v) is 2.46. The van der Waals surface area contributed by atoms with E-state index in [1.54, 1.807) is 12.4 Å². The average molecular weight is 264 g/mol. The maximum Gasteiger partial charge on any atom is 0.239 e. The Bertz CT molecular complexity index is 422. The van der Waals surface area contributed by atoms with E-state index in [2.05, 4.69) is 9.99 Å². The second kappa shape index (κ2) is 6.10. The first-order chi connectivity index (χ1) is 9.19. The van der Waals surface area contributed by atoms with E-state index >= 15 is 0 Å². The lowest BCUT2D eigenvalue weighted by Gasteiger charge is -2.32. The second-order valence-corrected chi connectivity index (χ2v) is 4.42. The van der Waals surface area contributed by atoms with Crippen LogP contribution in [0.3, 0.4) is 0 Å². The van der Waals surface area contributed by atoms with Gasteiger partial charge in [0, 0.05) is 25.5 Å². The smallest absolute Gasteiger partial charge is 0.239 e. The van der Waals surface area contributed by atoms with Crippen LogP contribution in [-0.2, 0) is 9.53 Å². The first-order valence-electron chi connectivity index (χ1n) is 6.51. The van der Waals surface area contributed by atoms with Gasteiger partial charge in [-0.25, -0.2) is 10.0 Å². The van der Waals surface area contributed by atoms with Crippen molar-refractivity contribution in [3.8, 4) is 0 Å². The number of ether oxygens (including phenoxy) is 1. The largest absolute Gasteiger partial charge is 0.368 e. The van der Waals surface area contributed by atoms with Gasteiger partial charge >= 0.3 is 0 Å². The van der Waals surface area contributed by atoms with Gasteiger partial charge in [0.05, 0.1) is 0 Å². The predicted molar refractivity (Wildman–Crippen MR) is 70.7 cm³/mol. The molecule has 0 spiro atoms. The molecule has 1 fully saturated rings. The summed E-state index contributed by atoms with van der Waals surface area (Å²) in [6, 6.07) is 3.24. The number of hydrogen-bond acceptors (Lipinski definition) is 5. The Morgan fingerprint density at radius 3 is 2.63 bits per heavy atom. The molecule has 0 aromatic carbocycles. The monoisotopic (exact) mass is 264 g/mol. The third kappa shape index (κ3) is 2.75. The molecule has 2 atom stereocenters. The third-order valence-electron chi connectivity index (χ3n) is 3.41. The summed E-state index contributed by atoms with van der Waals surface area (Å²) < 4.78 is 5.77. The molecule has 6 nitrogen and oxygen atoms in total. The van der Waals surface area contributed by atoms with Crippen molar-refractivity contribution < 1.29 is 9.53 Å². The molecule has 104 valence electrons. The van der Waals surface area contributed by atoms with E-state index in [4.69, 9.17) is 10.5 Å². The number of hydrogen-bond donors (Lipinski definition) is 1. The number of primary amides is 1. The number of nitrogens with two attached hydrogens (primary N) is 1. The Morgan fingerprint density at radius 2 is 2.11 bits per heavy atom. The molecule has 1 aliphatic heterocycles. The number of amides is 1. The summed E-state index contributed by atoms with van der Waals surface area (Å²) in [7, 11) is 0. The van der Waals surface area contributed by atoms with Crippen LogP contribution in [0.2, 0.25) is 0 Å². The highest BCUT2D eigenvalue weighted by Gasteiger charge is 2.42. The number of pyridine rings is 1. The molecule has 2 N–H and O–H groups in total. The average Bonchev–Trinajstić information content (AvgIpc) is 2.86. The molecule has 0 radical (unpaired) electrons. The van der Waals surface area contributed by atoms with Gasteiger partial charge in [0.25, 0.3) is 0 Å². The summed E-state index contributed by atoms with van der Waals surface area (Å²) in [6.07, 6.45) is 3.05. The van der Waals surface area contributed by atoms with Crippen LogP contribution in [0.1, 0.15) is 25.5 Å². The molecule has 0 aliphatic carbocycles. The maximum atomic E-state index is 11.8. The van der Waals surface area contributed by atoms with Crippen molar-refractivity contribution in [3.63, 3.8) is 0 Å². The van der Waals surface area contributed by atoms with E-state index in [-0.39, 0.29) is 12.0 Å². The quantitative estimate of drug-likeness (QED) is 0.839. The van der Waals surface area contributed by atoms with Crippen molar-refractivity contribution in [2.75, 3.05) is 19.8 Å². The van der Waals surface area contributed by atoms with Crippen LogP contribution in [0.15, 0.2) is 24.5 Å². The number of nitrogens with zero attached hydrogens (tertiary/aromatic N) is 3. The highest BCUT2D eigenvalue weighted by atomic mass is 16.5. The second-order valence-electron chi connectivity index (χ2n) is 4.42. The number of carbonyl (C=O) groups is 1. The Morgan fingerprint density at radius 1 is 1.47 bits per heavy atom. The van der Waals surface area contributed by atoms with E-state index in [0.29, 0.717) is 6.73 Å². The van der Waals surface area contributed by atoms with Crippen LogP contribution < -0.4 is 5.73 Å². The molecule has 0 saturated carbocycles. The van der Waals surface area contributed by atoms with E-state index in [9.17, 15) is 4.79 Å². The molecular formula is C13H20N4O2. The van der Waals surface area contributed by atoms with Gasteiger partial charge in [-0.05, 0) is 17.7 Å². The van der Waals surface area contributed by atoms with Crippen LogP contribution >= 0.6 is 0 Å².